The lowest BCUT2D eigenvalue weighted by Gasteiger charge is -2.06. The molecule has 13 heavy (non-hydrogen) atoms. The zero-order valence-electron chi connectivity index (χ0n) is 6.64. The van der Waals surface area contributed by atoms with Gasteiger partial charge in [-0.1, -0.05) is 17.7 Å². The lowest BCUT2D eigenvalue weighted by atomic mass is 10.2. The Morgan fingerprint density at radius 3 is 2.85 bits per heavy atom. The van der Waals surface area contributed by atoms with Crippen molar-refractivity contribution in [2.24, 2.45) is 0 Å². The van der Waals surface area contributed by atoms with E-state index < -0.39 is 12.1 Å². The largest absolute Gasteiger partial charge is 0.481 e. The van der Waals surface area contributed by atoms with Crippen LogP contribution in [0, 0.1) is 0 Å². The number of pyridine rings is 1. The third-order valence-corrected chi connectivity index (χ3v) is 1.66. The van der Waals surface area contributed by atoms with Gasteiger partial charge in [-0.3, -0.25) is 4.79 Å². The Morgan fingerprint density at radius 2 is 2.31 bits per heavy atom. The molecule has 0 aliphatic carbocycles. The number of aromatic nitrogens is 1. The number of rotatable bonds is 3. The average Bonchev–Trinajstić information content (AvgIpc) is 2.03. The summed E-state index contributed by atoms with van der Waals surface area (Å²) >= 11 is 5.56. The minimum Gasteiger partial charge on any atom is -0.481 e. The molecular weight excluding hydrogens is 194 g/mol. The summed E-state index contributed by atoms with van der Waals surface area (Å²) in [5.41, 5.74) is 0.273. The number of carboxylic acid groups (broad SMARTS) is 1. The van der Waals surface area contributed by atoms with Gasteiger partial charge < -0.3 is 10.2 Å². The Kier molecular flexibility index (Phi) is 3.22. The molecular formula is C8H8ClNO3. The molecule has 70 valence electrons. The predicted octanol–water partition coefficient (Wildman–Crippen LogP) is 1.24. The van der Waals surface area contributed by atoms with E-state index in [0.717, 1.165) is 0 Å². The molecule has 0 spiro atoms. The Labute approximate surface area is 79.8 Å². The molecule has 5 heteroatoms. The minimum absolute atomic E-state index is 0.238. The quantitative estimate of drug-likeness (QED) is 0.722. The molecule has 1 aromatic rings. The highest BCUT2D eigenvalue weighted by atomic mass is 35.5. The van der Waals surface area contributed by atoms with E-state index in [1.807, 2.05) is 0 Å². The summed E-state index contributed by atoms with van der Waals surface area (Å²) in [7, 11) is 0. The van der Waals surface area contributed by atoms with Crippen LogP contribution < -0.4 is 0 Å². The highest BCUT2D eigenvalue weighted by molar-refractivity contribution is 6.29. The number of aliphatic carboxylic acids is 1. The molecule has 0 radical (unpaired) electrons. The van der Waals surface area contributed by atoms with Gasteiger partial charge in [0.1, 0.15) is 11.3 Å². The maximum Gasteiger partial charge on any atom is 0.306 e. The van der Waals surface area contributed by atoms with E-state index in [9.17, 15) is 9.90 Å². The molecule has 0 aromatic carbocycles. The number of aliphatic hydroxyl groups is 1. The van der Waals surface area contributed by atoms with E-state index in [-0.39, 0.29) is 17.3 Å². The molecule has 0 bridgehead atoms. The van der Waals surface area contributed by atoms with Crippen molar-refractivity contribution < 1.29 is 15.0 Å². The second kappa shape index (κ2) is 4.20. The summed E-state index contributed by atoms with van der Waals surface area (Å²) in [6.45, 7) is 0. The van der Waals surface area contributed by atoms with Gasteiger partial charge in [-0.25, -0.2) is 4.98 Å². The first kappa shape index (κ1) is 9.95. The van der Waals surface area contributed by atoms with E-state index in [1.165, 1.54) is 6.07 Å². The van der Waals surface area contributed by atoms with E-state index >= 15 is 0 Å². The zero-order chi connectivity index (χ0) is 9.84. The zero-order valence-corrected chi connectivity index (χ0v) is 7.40. The smallest absolute Gasteiger partial charge is 0.306 e. The van der Waals surface area contributed by atoms with Crippen LogP contribution in [0.3, 0.4) is 0 Å². The maximum atomic E-state index is 10.2. The lowest BCUT2D eigenvalue weighted by molar-refractivity contribution is -0.139. The third kappa shape index (κ3) is 3.01. The minimum atomic E-state index is -1.10. The van der Waals surface area contributed by atoms with Crippen LogP contribution in [-0.4, -0.2) is 21.2 Å². The van der Waals surface area contributed by atoms with E-state index in [2.05, 4.69) is 4.98 Å². The summed E-state index contributed by atoms with van der Waals surface area (Å²) in [6, 6.07) is 4.69. The number of nitrogens with zero attached hydrogens (tertiary/aromatic N) is 1. The molecule has 1 aromatic heterocycles. The topological polar surface area (TPSA) is 70.4 Å². The van der Waals surface area contributed by atoms with Gasteiger partial charge in [-0.05, 0) is 12.1 Å². The number of carbonyl (C=O) groups is 1. The average molecular weight is 202 g/mol. The van der Waals surface area contributed by atoms with Crippen molar-refractivity contribution in [2.75, 3.05) is 0 Å². The summed E-state index contributed by atoms with van der Waals surface area (Å²) in [4.78, 5) is 14.0. The van der Waals surface area contributed by atoms with Gasteiger partial charge in [-0.15, -0.1) is 0 Å². The monoisotopic (exact) mass is 201 g/mol. The second-order valence-electron chi connectivity index (χ2n) is 2.50. The van der Waals surface area contributed by atoms with Gasteiger partial charge in [0, 0.05) is 0 Å². The molecule has 1 unspecified atom stereocenters. The highest BCUT2D eigenvalue weighted by Gasteiger charge is 2.13. The Balaban J connectivity index is 2.76. The molecule has 0 aliphatic heterocycles. The summed E-state index contributed by atoms with van der Waals surface area (Å²) in [5, 5.41) is 17.9. The van der Waals surface area contributed by atoms with Crippen LogP contribution >= 0.6 is 11.6 Å². The maximum absolute atomic E-state index is 10.2. The van der Waals surface area contributed by atoms with Gasteiger partial charge in [0.05, 0.1) is 12.1 Å². The van der Waals surface area contributed by atoms with Crippen molar-refractivity contribution in [1.82, 2.24) is 4.98 Å². The van der Waals surface area contributed by atoms with Crippen molar-refractivity contribution in [1.29, 1.82) is 0 Å². The van der Waals surface area contributed by atoms with E-state index in [4.69, 9.17) is 16.7 Å². The molecule has 1 heterocycles. The van der Waals surface area contributed by atoms with Gasteiger partial charge in [-0.2, -0.15) is 0 Å². The lowest BCUT2D eigenvalue weighted by Crippen LogP contribution is -2.06. The van der Waals surface area contributed by atoms with Gasteiger partial charge in [0.25, 0.3) is 0 Å². The van der Waals surface area contributed by atoms with Crippen LogP contribution in [0.4, 0.5) is 0 Å². The van der Waals surface area contributed by atoms with Crippen LogP contribution in [-0.2, 0) is 4.79 Å². The van der Waals surface area contributed by atoms with Crippen LogP contribution in [0.1, 0.15) is 18.2 Å². The SMILES string of the molecule is O=C(O)CC(O)c1cccc(Cl)n1. The molecule has 0 amide bonds. The van der Waals surface area contributed by atoms with Crippen molar-refractivity contribution in [3.05, 3.63) is 29.0 Å². The number of halogens is 1. The Morgan fingerprint density at radius 1 is 1.62 bits per heavy atom. The normalized spacial score (nSPS) is 12.5. The van der Waals surface area contributed by atoms with E-state index in [0.29, 0.717) is 0 Å². The van der Waals surface area contributed by atoms with E-state index in [1.54, 1.807) is 12.1 Å². The Bertz CT molecular complexity index is 316. The fourth-order valence-corrected chi connectivity index (χ4v) is 1.05. The van der Waals surface area contributed by atoms with Crippen molar-refractivity contribution >= 4 is 17.6 Å². The molecule has 0 fully saturated rings. The summed E-state index contributed by atoms with van der Waals surface area (Å²) in [6.07, 6.45) is -1.47. The molecule has 1 atom stereocenters. The molecule has 0 saturated heterocycles. The first-order chi connectivity index (χ1) is 6.09. The number of carboxylic acids is 1. The molecule has 0 saturated carbocycles. The molecule has 1 rings (SSSR count). The van der Waals surface area contributed by atoms with Crippen molar-refractivity contribution in [2.45, 2.75) is 12.5 Å². The molecule has 4 nitrogen and oxygen atoms in total. The predicted molar refractivity (Wildman–Crippen MR) is 46.5 cm³/mol. The third-order valence-electron chi connectivity index (χ3n) is 1.45. The fourth-order valence-electron chi connectivity index (χ4n) is 0.880. The highest BCUT2D eigenvalue weighted by Crippen LogP contribution is 2.15. The second-order valence-corrected chi connectivity index (χ2v) is 2.89. The van der Waals surface area contributed by atoms with Gasteiger partial charge in [0.2, 0.25) is 0 Å². The first-order valence-electron chi connectivity index (χ1n) is 3.62. The van der Waals surface area contributed by atoms with Crippen LogP contribution in [0.5, 0.6) is 0 Å². The van der Waals surface area contributed by atoms with Gasteiger partial charge >= 0.3 is 5.97 Å². The fraction of sp³-hybridized carbons (Fsp3) is 0.250. The number of hydrogen-bond donors (Lipinski definition) is 2. The van der Waals surface area contributed by atoms with Crippen LogP contribution in [0.15, 0.2) is 18.2 Å². The standard InChI is InChI=1S/C8H8ClNO3/c9-7-3-1-2-5(10-7)6(11)4-8(12)13/h1-3,6,11H,4H2,(H,12,13). The molecule has 0 aliphatic rings. The van der Waals surface area contributed by atoms with Crippen molar-refractivity contribution in [3.8, 4) is 0 Å². The van der Waals surface area contributed by atoms with Crippen LogP contribution in [0.25, 0.3) is 0 Å². The first-order valence-corrected chi connectivity index (χ1v) is 3.99. The van der Waals surface area contributed by atoms with Crippen LogP contribution in [0.2, 0.25) is 5.15 Å². The summed E-state index contributed by atoms with van der Waals surface area (Å²) < 4.78 is 0. The number of aliphatic hydroxyl groups excluding tert-OH is 1. The van der Waals surface area contributed by atoms with Gasteiger partial charge in [0.15, 0.2) is 0 Å². The molecule has 2 N–H and O–H groups in total. The Hall–Kier alpha value is -1.13. The summed E-state index contributed by atoms with van der Waals surface area (Å²) in [5.74, 6) is -1.07. The number of hydrogen-bond acceptors (Lipinski definition) is 3. The van der Waals surface area contributed by atoms with Crippen molar-refractivity contribution in [3.63, 3.8) is 0 Å².